The SMILES string of the molecule is O=[N+]([O-])c1cn2c(n1)OC[C@@H](OCc1ccc(Br)c(F)c1)C2. The molecule has 0 bridgehead atoms. The number of nitro groups is 1. The molecule has 0 radical (unpaired) electrons. The monoisotopic (exact) mass is 371 g/mol. The third-order valence-corrected chi connectivity index (χ3v) is 3.83. The average Bonchev–Trinajstić information content (AvgIpc) is 2.92. The van der Waals surface area contributed by atoms with Gasteiger partial charge in [0.2, 0.25) is 0 Å². The number of benzene rings is 1. The van der Waals surface area contributed by atoms with Gasteiger partial charge in [-0.2, -0.15) is 0 Å². The molecule has 1 aliphatic heterocycles. The summed E-state index contributed by atoms with van der Waals surface area (Å²) in [5, 5.41) is 10.7. The van der Waals surface area contributed by atoms with Crippen LogP contribution in [0.5, 0.6) is 6.01 Å². The maximum absolute atomic E-state index is 13.4. The Morgan fingerprint density at radius 3 is 3.14 bits per heavy atom. The van der Waals surface area contributed by atoms with Crippen molar-refractivity contribution in [2.24, 2.45) is 0 Å². The summed E-state index contributed by atoms with van der Waals surface area (Å²) in [7, 11) is 0. The fourth-order valence-electron chi connectivity index (χ4n) is 2.10. The molecule has 0 N–H and O–H groups in total. The smallest absolute Gasteiger partial charge is 0.414 e. The molecule has 0 aliphatic carbocycles. The molecule has 0 spiro atoms. The van der Waals surface area contributed by atoms with Gasteiger partial charge < -0.3 is 19.6 Å². The van der Waals surface area contributed by atoms with E-state index in [4.69, 9.17) is 9.47 Å². The van der Waals surface area contributed by atoms with Crippen LogP contribution in [-0.4, -0.2) is 27.2 Å². The van der Waals surface area contributed by atoms with E-state index < -0.39 is 4.92 Å². The first-order chi connectivity index (χ1) is 10.5. The number of fused-ring (bicyclic) bond motifs is 1. The molecule has 3 rings (SSSR count). The maximum atomic E-state index is 13.4. The Labute approximate surface area is 132 Å². The van der Waals surface area contributed by atoms with Crippen LogP contribution in [0, 0.1) is 15.9 Å². The zero-order chi connectivity index (χ0) is 15.7. The molecule has 1 aliphatic rings. The molecule has 7 nitrogen and oxygen atoms in total. The molecule has 116 valence electrons. The number of halogens is 2. The Bertz CT molecular complexity index is 721. The molecule has 2 aromatic rings. The van der Waals surface area contributed by atoms with Gasteiger partial charge in [-0.05, 0) is 38.5 Å². The topological polar surface area (TPSA) is 79.4 Å². The van der Waals surface area contributed by atoms with Gasteiger partial charge in [0.15, 0.2) is 0 Å². The summed E-state index contributed by atoms with van der Waals surface area (Å²) < 4.78 is 26.4. The predicted molar refractivity (Wildman–Crippen MR) is 77.1 cm³/mol. The number of rotatable bonds is 4. The van der Waals surface area contributed by atoms with Crippen molar-refractivity contribution in [3.63, 3.8) is 0 Å². The fourth-order valence-corrected chi connectivity index (χ4v) is 2.35. The average molecular weight is 372 g/mol. The van der Waals surface area contributed by atoms with E-state index in [-0.39, 0.29) is 37.0 Å². The summed E-state index contributed by atoms with van der Waals surface area (Å²) in [5.74, 6) is -0.612. The normalized spacial score (nSPS) is 16.9. The van der Waals surface area contributed by atoms with E-state index in [2.05, 4.69) is 20.9 Å². The molecule has 1 atom stereocenters. The number of hydrogen-bond acceptors (Lipinski definition) is 5. The second kappa shape index (κ2) is 6.01. The van der Waals surface area contributed by atoms with Gasteiger partial charge in [-0.25, -0.2) is 4.39 Å². The number of ether oxygens (including phenoxy) is 2. The highest BCUT2D eigenvalue weighted by molar-refractivity contribution is 9.10. The maximum Gasteiger partial charge on any atom is 0.414 e. The van der Waals surface area contributed by atoms with Crippen molar-refractivity contribution in [1.29, 1.82) is 0 Å². The largest absolute Gasteiger partial charge is 0.443 e. The molecule has 0 fully saturated rings. The molecular weight excluding hydrogens is 361 g/mol. The van der Waals surface area contributed by atoms with Crippen LogP contribution in [0.4, 0.5) is 10.2 Å². The highest BCUT2D eigenvalue weighted by Gasteiger charge is 2.28. The second-order valence-electron chi connectivity index (χ2n) is 4.78. The fraction of sp³-hybridized carbons (Fsp3) is 0.308. The summed E-state index contributed by atoms with van der Waals surface area (Å²) >= 11 is 3.09. The van der Waals surface area contributed by atoms with E-state index in [1.807, 2.05) is 0 Å². The Morgan fingerprint density at radius 2 is 2.41 bits per heavy atom. The molecule has 22 heavy (non-hydrogen) atoms. The quantitative estimate of drug-likeness (QED) is 0.609. The predicted octanol–water partition coefficient (Wildman–Crippen LogP) is 2.67. The van der Waals surface area contributed by atoms with Crippen LogP contribution in [-0.2, 0) is 17.9 Å². The Hall–Kier alpha value is -2.00. The van der Waals surface area contributed by atoms with Crippen LogP contribution in [0.3, 0.4) is 0 Å². The van der Waals surface area contributed by atoms with E-state index in [0.29, 0.717) is 16.6 Å². The van der Waals surface area contributed by atoms with Gasteiger partial charge >= 0.3 is 11.8 Å². The zero-order valence-corrected chi connectivity index (χ0v) is 12.8. The molecule has 0 unspecified atom stereocenters. The highest BCUT2D eigenvalue weighted by atomic mass is 79.9. The van der Waals surface area contributed by atoms with Crippen LogP contribution in [0.1, 0.15) is 5.56 Å². The molecule has 9 heteroatoms. The summed E-state index contributed by atoms with van der Waals surface area (Å²) in [6.45, 7) is 0.868. The van der Waals surface area contributed by atoms with Crippen LogP contribution < -0.4 is 4.74 Å². The van der Waals surface area contributed by atoms with E-state index in [1.165, 1.54) is 16.8 Å². The van der Waals surface area contributed by atoms with Gasteiger partial charge in [0.1, 0.15) is 24.7 Å². The number of hydrogen-bond donors (Lipinski definition) is 0. The molecule has 0 saturated carbocycles. The highest BCUT2D eigenvalue weighted by Crippen LogP contribution is 2.23. The van der Waals surface area contributed by atoms with Crippen molar-refractivity contribution in [2.45, 2.75) is 19.3 Å². The Kier molecular flexibility index (Phi) is 4.08. The molecule has 1 aromatic heterocycles. The summed E-state index contributed by atoms with van der Waals surface area (Å²) in [6.07, 6.45) is 1.03. The first kappa shape index (κ1) is 14.9. The Morgan fingerprint density at radius 1 is 1.59 bits per heavy atom. The van der Waals surface area contributed by atoms with Gasteiger partial charge in [-0.15, -0.1) is 0 Å². The lowest BCUT2D eigenvalue weighted by Crippen LogP contribution is -2.32. The first-order valence-electron chi connectivity index (χ1n) is 6.43. The van der Waals surface area contributed by atoms with E-state index in [1.54, 1.807) is 12.1 Å². The third kappa shape index (κ3) is 3.09. The summed E-state index contributed by atoms with van der Waals surface area (Å²) in [5.41, 5.74) is 0.697. The number of nitrogens with zero attached hydrogens (tertiary/aromatic N) is 3. The van der Waals surface area contributed by atoms with Crippen LogP contribution >= 0.6 is 15.9 Å². The van der Waals surface area contributed by atoms with Gasteiger partial charge in [-0.1, -0.05) is 6.07 Å². The van der Waals surface area contributed by atoms with Crippen LogP contribution in [0.15, 0.2) is 28.9 Å². The van der Waals surface area contributed by atoms with E-state index >= 15 is 0 Å². The molecule has 1 aromatic carbocycles. The lowest BCUT2D eigenvalue weighted by Gasteiger charge is -2.22. The molecular formula is C13H11BrFN3O4. The first-order valence-corrected chi connectivity index (χ1v) is 7.22. The van der Waals surface area contributed by atoms with Gasteiger partial charge in [0.05, 0.1) is 17.6 Å². The second-order valence-corrected chi connectivity index (χ2v) is 5.64. The van der Waals surface area contributed by atoms with Crippen molar-refractivity contribution in [1.82, 2.24) is 9.55 Å². The molecule has 0 saturated heterocycles. The molecule has 0 amide bonds. The van der Waals surface area contributed by atoms with Crippen LogP contribution in [0.25, 0.3) is 0 Å². The van der Waals surface area contributed by atoms with Crippen LogP contribution in [0.2, 0.25) is 0 Å². The van der Waals surface area contributed by atoms with Crippen molar-refractivity contribution < 1.29 is 18.8 Å². The van der Waals surface area contributed by atoms with E-state index in [9.17, 15) is 14.5 Å². The third-order valence-electron chi connectivity index (χ3n) is 3.18. The minimum atomic E-state index is -0.574. The van der Waals surface area contributed by atoms with Crippen molar-refractivity contribution in [3.8, 4) is 6.01 Å². The van der Waals surface area contributed by atoms with Crippen molar-refractivity contribution in [2.75, 3.05) is 6.61 Å². The van der Waals surface area contributed by atoms with Gasteiger partial charge in [-0.3, -0.25) is 4.57 Å². The number of aromatic nitrogens is 2. The van der Waals surface area contributed by atoms with Gasteiger partial charge in [0, 0.05) is 4.98 Å². The van der Waals surface area contributed by atoms with Crippen molar-refractivity contribution >= 4 is 21.7 Å². The number of imidazole rings is 1. The lowest BCUT2D eigenvalue weighted by molar-refractivity contribution is -0.389. The minimum absolute atomic E-state index is 0.209. The van der Waals surface area contributed by atoms with E-state index in [0.717, 1.165) is 0 Å². The lowest BCUT2D eigenvalue weighted by atomic mass is 10.2. The standard InChI is InChI=1S/C13H11BrFN3O4/c14-10-2-1-8(3-11(10)15)6-21-9-4-17-5-12(18(19)20)16-13(17)22-7-9/h1-3,5,9H,4,6-7H2/t9-/m0/s1. The summed E-state index contributed by atoms with van der Waals surface area (Å²) in [4.78, 5) is 13.9. The summed E-state index contributed by atoms with van der Waals surface area (Å²) in [6, 6.07) is 4.97. The zero-order valence-electron chi connectivity index (χ0n) is 11.2. The van der Waals surface area contributed by atoms with Gasteiger partial charge in [0.25, 0.3) is 0 Å². The molecule has 2 heterocycles. The Balaban J connectivity index is 1.62. The minimum Gasteiger partial charge on any atom is -0.443 e. The van der Waals surface area contributed by atoms with Crippen molar-refractivity contribution in [3.05, 3.63) is 50.4 Å².